The zero-order valence-electron chi connectivity index (χ0n) is 11.9. The molecule has 1 fully saturated rings. The summed E-state index contributed by atoms with van der Waals surface area (Å²) in [5.41, 5.74) is -0.205. The third kappa shape index (κ3) is 4.33. The van der Waals surface area contributed by atoms with Crippen LogP contribution in [0.25, 0.3) is 0 Å². The molecule has 1 aliphatic rings. The highest BCUT2D eigenvalue weighted by Crippen LogP contribution is 2.41. The van der Waals surface area contributed by atoms with Crippen LogP contribution in [0.3, 0.4) is 0 Å². The van der Waals surface area contributed by atoms with E-state index in [-0.39, 0.29) is 11.4 Å². The van der Waals surface area contributed by atoms with Crippen LogP contribution in [0.5, 0.6) is 0 Å². The van der Waals surface area contributed by atoms with Gasteiger partial charge in [0.1, 0.15) is 0 Å². The van der Waals surface area contributed by atoms with E-state index in [2.05, 4.69) is 20.8 Å². The molecule has 1 rings (SSSR count). The molecular formula is C15H28O2. The second-order valence-corrected chi connectivity index (χ2v) is 6.32. The summed E-state index contributed by atoms with van der Waals surface area (Å²) in [6, 6.07) is 0. The Morgan fingerprint density at radius 2 is 1.94 bits per heavy atom. The van der Waals surface area contributed by atoms with Gasteiger partial charge in [-0.3, -0.25) is 4.79 Å². The third-order valence-electron chi connectivity index (χ3n) is 4.28. The Balaban J connectivity index is 2.28. The Morgan fingerprint density at radius 1 is 1.35 bits per heavy atom. The minimum atomic E-state index is -0.205. The van der Waals surface area contributed by atoms with E-state index < -0.39 is 0 Å². The molecule has 0 atom stereocenters. The molecule has 1 aliphatic carbocycles. The maximum Gasteiger partial charge on any atom is 0.311 e. The Morgan fingerprint density at radius 3 is 2.41 bits per heavy atom. The highest BCUT2D eigenvalue weighted by atomic mass is 16.5. The van der Waals surface area contributed by atoms with E-state index in [0.29, 0.717) is 0 Å². The van der Waals surface area contributed by atoms with Gasteiger partial charge in [0.15, 0.2) is 0 Å². The maximum atomic E-state index is 11.7. The molecule has 0 bridgehead atoms. The first kappa shape index (κ1) is 14.5. The Hall–Kier alpha value is -0.530. The van der Waals surface area contributed by atoms with Gasteiger partial charge in [0.05, 0.1) is 12.5 Å². The minimum Gasteiger partial charge on any atom is -0.469 e. The van der Waals surface area contributed by atoms with E-state index in [1.165, 1.54) is 39.2 Å². The molecule has 0 heterocycles. The van der Waals surface area contributed by atoms with E-state index in [0.717, 1.165) is 24.7 Å². The second kappa shape index (κ2) is 6.42. The largest absolute Gasteiger partial charge is 0.469 e. The molecule has 0 aromatic carbocycles. The molecule has 2 nitrogen and oxygen atoms in total. The van der Waals surface area contributed by atoms with E-state index in [1.807, 2.05) is 0 Å². The molecule has 17 heavy (non-hydrogen) atoms. The van der Waals surface area contributed by atoms with Gasteiger partial charge in [-0.05, 0) is 44.4 Å². The van der Waals surface area contributed by atoms with Crippen LogP contribution < -0.4 is 0 Å². The van der Waals surface area contributed by atoms with Crippen LogP contribution in [0.2, 0.25) is 0 Å². The summed E-state index contributed by atoms with van der Waals surface area (Å²) in [6.45, 7) is 6.63. The predicted octanol–water partition coefficient (Wildman–Crippen LogP) is 4.18. The van der Waals surface area contributed by atoms with Gasteiger partial charge >= 0.3 is 5.97 Å². The van der Waals surface area contributed by atoms with Gasteiger partial charge in [-0.2, -0.15) is 0 Å². The smallest absolute Gasteiger partial charge is 0.311 e. The minimum absolute atomic E-state index is 0.0156. The number of methoxy groups -OCH3 is 1. The van der Waals surface area contributed by atoms with Gasteiger partial charge < -0.3 is 4.74 Å². The van der Waals surface area contributed by atoms with Crippen molar-refractivity contribution in [1.29, 1.82) is 0 Å². The zero-order chi connectivity index (χ0) is 12.9. The maximum absolute atomic E-state index is 11.7. The van der Waals surface area contributed by atoms with Crippen molar-refractivity contribution in [2.75, 3.05) is 7.11 Å². The molecule has 2 heteroatoms. The van der Waals surface area contributed by atoms with Crippen LogP contribution in [-0.4, -0.2) is 13.1 Å². The topological polar surface area (TPSA) is 26.3 Å². The summed E-state index contributed by atoms with van der Waals surface area (Å²) in [5, 5.41) is 0. The number of ether oxygens (including phenoxy) is 1. The van der Waals surface area contributed by atoms with Crippen LogP contribution in [0.4, 0.5) is 0 Å². The Kier molecular flexibility index (Phi) is 5.48. The quantitative estimate of drug-likeness (QED) is 0.674. The van der Waals surface area contributed by atoms with Crippen LogP contribution in [0.15, 0.2) is 0 Å². The first-order chi connectivity index (χ1) is 7.98. The van der Waals surface area contributed by atoms with Gasteiger partial charge in [-0.15, -0.1) is 0 Å². The third-order valence-corrected chi connectivity index (χ3v) is 4.28. The van der Waals surface area contributed by atoms with Crippen LogP contribution in [-0.2, 0) is 9.53 Å². The van der Waals surface area contributed by atoms with Crippen molar-refractivity contribution < 1.29 is 9.53 Å². The van der Waals surface area contributed by atoms with E-state index >= 15 is 0 Å². The average Bonchev–Trinajstić information content (AvgIpc) is 2.30. The second-order valence-electron chi connectivity index (χ2n) is 6.32. The molecule has 0 unspecified atom stereocenters. The first-order valence-corrected chi connectivity index (χ1v) is 7.06. The monoisotopic (exact) mass is 240 g/mol. The standard InChI is InChI=1S/C15H28O2/c1-12(2)6-5-7-13-8-10-15(3,11-9-13)14(16)17-4/h12-13H,5-11H2,1-4H3. The fourth-order valence-electron chi connectivity index (χ4n) is 2.87. The van der Waals surface area contributed by atoms with Gasteiger partial charge in [-0.25, -0.2) is 0 Å². The molecule has 1 saturated carbocycles. The van der Waals surface area contributed by atoms with Gasteiger partial charge in [0.25, 0.3) is 0 Å². The van der Waals surface area contributed by atoms with Crippen molar-refractivity contribution in [2.45, 2.75) is 65.7 Å². The Bertz CT molecular complexity index is 237. The summed E-state index contributed by atoms with van der Waals surface area (Å²) < 4.78 is 4.90. The highest BCUT2D eigenvalue weighted by molar-refractivity contribution is 5.76. The van der Waals surface area contributed by atoms with Crippen molar-refractivity contribution in [1.82, 2.24) is 0 Å². The predicted molar refractivity (Wildman–Crippen MR) is 70.8 cm³/mol. The molecular weight excluding hydrogens is 212 g/mol. The molecule has 100 valence electrons. The van der Waals surface area contributed by atoms with E-state index in [9.17, 15) is 4.79 Å². The average molecular weight is 240 g/mol. The molecule has 0 spiro atoms. The lowest BCUT2D eigenvalue weighted by molar-refractivity contribution is -0.154. The molecule has 0 amide bonds. The summed E-state index contributed by atoms with van der Waals surface area (Å²) >= 11 is 0. The lowest BCUT2D eigenvalue weighted by Gasteiger charge is -2.35. The van der Waals surface area contributed by atoms with Crippen molar-refractivity contribution in [3.8, 4) is 0 Å². The SMILES string of the molecule is COC(=O)C1(C)CCC(CCCC(C)C)CC1. The fraction of sp³-hybridized carbons (Fsp3) is 0.933. The van der Waals surface area contributed by atoms with Crippen molar-refractivity contribution in [2.24, 2.45) is 17.3 Å². The fourth-order valence-corrected chi connectivity index (χ4v) is 2.87. The molecule has 0 aromatic heterocycles. The normalized spacial score (nSPS) is 29.4. The number of hydrogen-bond donors (Lipinski definition) is 0. The molecule has 0 saturated heterocycles. The summed E-state index contributed by atoms with van der Waals surface area (Å²) in [6.07, 6.45) is 8.43. The summed E-state index contributed by atoms with van der Waals surface area (Å²) in [5.74, 6) is 1.64. The van der Waals surface area contributed by atoms with Crippen LogP contribution in [0.1, 0.15) is 65.7 Å². The number of rotatable bonds is 5. The molecule has 0 radical (unpaired) electrons. The van der Waals surface area contributed by atoms with Gasteiger partial charge in [0.2, 0.25) is 0 Å². The first-order valence-electron chi connectivity index (χ1n) is 7.06. The van der Waals surface area contributed by atoms with Gasteiger partial charge in [0, 0.05) is 0 Å². The zero-order valence-corrected chi connectivity index (χ0v) is 11.9. The number of carbonyl (C=O) groups excluding carboxylic acids is 1. The lowest BCUT2D eigenvalue weighted by Crippen LogP contribution is -2.33. The van der Waals surface area contributed by atoms with Crippen molar-refractivity contribution in [3.63, 3.8) is 0 Å². The summed E-state index contributed by atoms with van der Waals surface area (Å²) in [4.78, 5) is 11.7. The number of esters is 1. The van der Waals surface area contributed by atoms with Crippen LogP contribution >= 0.6 is 0 Å². The van der Waals surface area contributed by atoms with Crippen molar-refractivity contribution in [3.05, 3.63) is 0 Å². The molecule has 0 aliphatic heterocycles. The van der Waals surface area contributed by atoms with E-state index in [1.54, 1.807) is 0 Å². The Labute approximate surface area is 106 Å². The van der Waals surface area contributed by atoms with Crippen LogP contribution in [0, 0.1) is 17.3 Å². The summed E-state index contributed by atoms with van der Waals surface area (Å²) in [7, 11) is 1.50. The lowest BCUT2D eigenvalue weighted by atomic mass is 9.70. The van der Waals surface area contributed by atoms with Gasteiger partial charge in [-0.1, -0.05) is 33.1 Å². The molecule has 0 N–H and O–H groups in total. The van der Waals surface area contributed by atoms with Crippen molar-refractivity contribution >= 4 is 5.97 Å². The number of carbonyl (C=O) groups is 1. The van der Waals surface area contributed by atoms with E-state index in [4.69, 9.17) is 4.74 Å². The highest BCUT2D eigenvalue weighted by Gasteiger charge is 2.38. The number of hydrogen-bond acceptors (Lipinski definition) is 2. The molecule has 0 aromatic rings.